The first-order valence-corrected chi connectivity index (χ1v) is 10.3. The molecule has 28 heavy (non-hydrogen) atoms. The maximum absolute atomic E-state index is 13.1. The number of anilines is 1. The van der Waals surface area contributed by atoms with E-state index < -0.39 is 0 Å². The summed E-state index contributed by atoms with van der Waals surface area (Å²) >= 11 is 7.81. The molecule has 0 spiro atoms. The third-order valence-electron chi connectivity index (χ3n) is 5.20. The Bertz CT molecular complexity index is 1080. The monoisotopic (exact) mass is 415 g/mol. The summed E-state index contributed by atoms with van der Waals surface area (Å²) in [6, 6.07) is 3.61. The van der Waals surface area contributed by atoms with E-state index in [1.807, 2.05) is 25.3 Å². The van der Waals surface area contributed by atoms with Crippen molar-refractivity contribution >= 4 is 40.9 Å². The SMILES string of the molecule is CC1Nc2cc(C(=O)N3CCn4c(-c5ccsc5)nnc4C3C)nn2C=C1Cl. The first-order chi connectivity index (χ1) is 13.5. The number of hydrogen-bond acceptors (Lipinski definition) is 6. The number of nitrogens with zero attached hydrogens (tertiary/aromatic N) is 6. The molecule has 2 unspecified atom stereocenters. The topological polar surface area (TPSA) is 80.9 Å². The van der Waals surface area contributed by atoms with Crippen LogP contribution in [0.4, 0.5) is 5.82 Å². The van der Waals surface area contributed by atoms with Crippen molar-refractivity contribution in [3.05, 3.63) is 39.4 Å². The fraction of sp³-hybridized carbons (Fsp3) is 0.333. The van der Waals surface area contributed by atoms with Crippen molar-refractivity contribution in [2.24, 2.45) is 0 Å². The van der Waals surface area contributed by atoms with E-state index in [4.69, 9.17) is 11.6 Å². The predicted molar refractivity (Wildman–Crippen MR) is 108 cm³/mol. The fourth-order valence-electron chi connectivity index (χ4n) is 3.64. The van der Waals surface area contributed by atoms with Gasteiger partial charge in [0.05, 0.1) is 17.1 Å². The average molecular weight is 416 g/mol. The Kier molecular flexibility index (Phi) is 4.02. The van der Waals surface area contributed by atoms with Gasteiger partial charge in [-0.15, -0.1) is 10.2 Å². The Morgan fingerprint density at radius 1 is 1.32 bits per heavy atom. The summed E-state index contributed by atoms with van der Waals surface area (Å²) < 4.78 is 3.71. The normalized spacial score (nSPS) is 21.0. The Morgan fingerprint density at radius 3 is 2.96 bits per heavy atom. The molecule has 0 saturated carbocycles. The molecule has 0 saturated heterocycles. The molecule has 10 heteroatoms. The maximum Gasteiger partial charge on any atom is 0.275 e. The van der Waals surface area contributed by atoms with Gasteiger partial charge in [-0.1, -0.05) is 11.6 Å². The molecule has 5 rings (SSSR count). The number of aromatic nitrogens is 5. The number of carbonyl (C=O) groups excluding carboxylic acids is 1. The van der Waals surface area contributed by atoms with Crippen LogP contribution >= 0.6 is 22.9 Å². The minimum absolute atomic E-state index is 0.00296. The van der Waals surface area contributed by atoms with Gasteiger partial charge >= 0.3 is 0 Å². The van der Waals surface area contributed by atoms with Crippen LogP contribution in [0.2, 0.25) is 0 Å². The first kappa shape index (κ1) is 17.4. The summed E-state index contributed by atoms with van der Waals surface area (Å²) in [5.74, 6) is 2.28. The Hall–Kier alpha value is -2.65. The van der Waals surface area contributed by atoms with E-state index in [1.54, 1.807) is 33.2 Å². The summed E-state index contributed by atoms with van der Waals surface area (Å²) in [5.41, 5.74) is 1.44. The molecule has 2 aliphatic rings. The van der Waals surface area contributed by atoms with Crippen molar-refractivity contribution in [3.63, 3.8) is 0 Å². The quantitative estimate of drug-likeness (QED) is 0.694. The third kappa shape index (κ3) is 2.65. The highest BCUT2D eigenvalue weighted by molar-refractivity contribution is 7.08. The number of rotatable bonds is 2. The van der Waals surface area contributed by atoms with Gasteiger partial charge in [-0.05, 0) is 25.3 Å². The van der Waals surface area contributed by atoms with Crippen LogP contribution in [0.15, 0.2) is 27.9 Å². The number of fused-ring (bicyclic) bond motifs is 2. The molecule has 5 heterocycles. The van der Waals surface area contributed by atoms with E-state index in [-0.39, 0.29) is 18.0 Å². The maximum atomic E-state index is 13.1. The number of thiophene rings is 1. The molecule has 1 amide bonds. The Morgan fingerprint density at radius 2 is 2.18 bits per heavy atom. The zero-order valence-electron chi connectivity index (χ0n) is 15.3. The second-order valence-electron chi connectivity index (χ2n) is 6.96. The van der Waals surface area contributed by atoms with Gasteiger partial charge in [-0.2, -0.15) is 16.4 Å². The molecular weight excluding hydrogens is 398 g/mol. The van der Waals surface area contributed by atoms with E-state index in [2.05, 4.69) is 30.6 Å². The van der Waals surface area contributed by atoms with E-state index >= 15 is 0 Å². The molecule has 144 valence electrons. The summed E-state index contributed by atoms with van der Waals surface area (Å²) in [4.78, 5) is 14.9. The zero-order chi connectivity index (χ0) is 19.4. The van der Waals surface area contributed by atoms with E-state index in [0.29, 0.717) is 23.8 Å². The number of nitrogens with one attached hydrogen (secondary N) is 1. The number of carbonyl (C=O) groups is 1. The van der Waals surface area contributed by atoms with Crippen LogP contribution in [0.25, 0.3) is 17.6 Å². The predicted octanol–water partition coefficient (Wildman–Crippen LogP) is 3.27. The summed E-state index contributed by atoms with van der Waals surface area (Å²) in [7, 11) is 0. The highest BCUT2D eigenvalue weighted by Gasteiger charge is 2.33. The molecule has 2 atom stereocenters. The van der Waals surface area contributed by atoms with Crippen molar-refractivity contribution in [1.29, 1.82) is 0 Å². The molecule has 0 radical (unpaired) electrons. The van der Waals surface area contributed by atoms with E-state index in [1.165, 1.54) is 0 Å². The van der Waals surface area contributed by atoms with Gasteiger partial charge in [0, 0.05) is 36.3 Å². The second-order valence-corrected chi connectivity index (χ2v) is 8.18. The van der Waals surface area contributed by atoms with Crippen LogP contribution in [0.5, 0.6) is 0 Å². The van der Waals surface area contributed by atoms with Gasteiger partial charge in [-0.3, -0.25) is 4.79 Å². The molecule has 8 nitrogen and oxygen atoms in total. The Labute approximate surface area is 170 Å². The van der Waals surface area contributed by atoms with Crippen molar-refractivity contribution in [2.75, 3.05) is 11.9 Å². The molecule has 1 N–H and O–H groups in total. The molecule has 0 bridgehead atoms. The Balaban J connectivity index is 1.43. The second kappa shape index (κ2) is 6.46. The van der Waals surface area contributed by atoms with Crippen molar-refractivity contribution in [3.8, 4) is 11.4 Å². The minimum atomic E-state index is -0.189. The smallest absolute Gasteiger partial charge is 0.275 e. The number of halogens is 1. The van der Waals surface area contributed by atoms with E-state index in [0.717, 1.165) is 23.0 Å². The molecule has 0 fully saturated rings. The largest absolute Gasteiger partial charge is 0.362 e. The summed E-state index contributed by atoms with van der Waals surface area (Å²) in [5, 5.41) is 21.1. The van der Waals surface area contributed by atoms with Gasteiger partial charge in [0.1, 0.15) is 5.82 Å². The van der Waals surface area contributed by atoms with Gasteiger partial charge in [0.25, 0.3) is 5.91 Å². The molecule has 2 aliphatic heterocycles. The zero-order valence-corrected chi connectivity index (χ0v) is 16.9. The lowest BCUT2D eigenvalue weighted by Gasteiger charge is -2.33. The van der Waals surface area contributed by atoms with Crippen LogP contribution in [0, 0.1) is 0 Å². The minimum Gasteiger partial charge on any atom is -0.362 e. The highest BCUT2D eigenvalue weighted by atomic mass is 35.5. The molecule has 3 aromatic rings. The highest BCUT2D eigenvalue weighted by Crippen LogP contribution is 2.31. The average Bonchev–Trinajstić information content (AvgIpc) is 3.40. The lowest BCUT2D eigenvalue weighted by molar-refractivity contribution is 0.0632. The van der Waals surface area contributed by atoms with Crippen molar-refractivity contribution < 1.29 is 4.79 Å². The van der Waals surface area contributed by atoms with Crippen LogP contribution < -0.4 is 5.32 Å². The standard InChI is InChI=1S/C18H18ClN7OS/c1-10-13(19)8-26-15(20-10)7-14(23-26)18(27)24-4-5-25-16(11(24)2)21-22-17(25)12-3-6-28-9-12/h3,6-11,20H,4-5H2,1-2H3. The molecule has 3 aromatic heterocycles. The summed E-state index contributed by atoms with van der Waals surface area (Å²) in [6.45, 7) is 5.16. The summed E-state index contributed by atoms with van der Waals surface area (Å²) in [6.07, 6.45) is 1.73. The fourth-order valence-corrected chi connectivity index (χ4v) is 4.42. The third-order valence-corrected chi connectivity index (χ3v) is 6.31. The van der Waals surface area contributed by atoms with Gasteiger partial charge in [0.15, 0.2) is 17.3 Å². The van der Waals surface area contributed by atoms with Gasteiger partial charge in [0.2, 0.25) is 0 Å². The molecular formula is C18H18ClN7OS. The van der Waals surface area contributed by atoms with E-state index in [9.17, 15) is 4.79 Å². The first-order valence-electron chi connectivity index (χ1n) is 9.03. The van der Waals surface area contributed by atoms with Crippen LogP contribution in [0.1, 0.15) is 36.2 Å². The number of amides is 1. The van der Waals surface area contributed by atoms with Crippen LogP contribution in [0.3, 0.4) is 0 Å². The van der Waals surface area contributed by atoms with Crippen LogP contribution in [-0.2, 0) is 6.54 Å². The van der Waals surface area contributed by atoms with Crippen molar-refractivity contribution in [1.82, 2.24) is 29.4 Å². The lowest BCUT2D eigenvalue weighted by atomic mass is 10.1. The van der Waals surface area contributed by atoms with Crippen molar-refractivity contribution in [2.45, 2.75) is 32.5 Å². The lowest BCUT2D eigenvalue weighted by Crippen LogP contribution is -2.41. The molecule has 0 aliphatic carbocycles. The molecule has 0 aromatic carbocycles. The van der Waals surface area contributed by atoms with Gasteiger partial charge < -0.3 is 14.8 Å². The van der Waals surface area contributed by atoms with Gasteiger partial charge in [-0.25, -0.2) is 4.68 Å². The van der Waals surface area contributed by atoms with Crippen LogP contribution in [-0.4, -0.2) is 47.9 Å². The number of hydrogen-bond donors (Lipinski definition) is 1.